The lowest BCUT2D eigenvalue weighted by Crippen LogP contribution is -2.35. The van der Waals surface area contributed by atoms with Crippen LogP contribution in [0.2, 0.25) is 0 Å². The second-order valence-corrected chi connectivity index (χ2v) is 5.73. The Bertz CT molecular complexity index is 480. The van der Waals surface area contributed by atoms with E-state index in [1.165, 1.54) is 24.8 Å². The van der Waals surface area contributed by atoms with E-state index >= 15 is 0 Å². The van der Waals surface area contributed by atoms with Crippen LogP contribution in [0.3, 0.4) is 0 Å². The van der Waals surface area contributed by atoms with E-state index in [1.54, 1.807) is 6.07 Å². The van der Waals surface area contributed by atoms with Gasteiger partial charge in [-0.1, -0.05) is 12.1 Å². The minimum Gasteiger partial charge on any atom is -0.366 e. The number of fused-ring (bicyclic) bond motifs is 2. The number of carbonyl (C=O) groups excluding carboxylic acids is 1. The van der Waals surface area contributed by atoms with Gasteiger partial charge in [0.2, 0.25) is 5.91 Å². The molecule has 110 valence electrons. The normalized spacial score (nSPS) is 25.8. The van der Waals surface area contributed by atoms with Crippen molar-refractivity contribution in [1.82, 2.24) is 10.2 Å². The number of benzene rings is 1. The highest BCUT2D eigenvalue weighted by molar-refractivity contribution is 5.92. The molecule has 1 aromatic carbocycles. The third-order valence-electron chi connectivity index (χ3n) is 4.23. The number of halogens is 1. The summed E-state index contributed by atoms with van der Waals surface area (Å²) in [5.74, 6) is -0.349. The van der Waals surface area contributed by atoms with Gasteiger partial charge in [0, 0.05) is 37.3 Å². The van der Waals surface area contributed by atoms with E-state index in [1.807, 2.05) is 12.1 Å². The number of hydrogen-bond acceptors (Lipinski definition) is 3. The van der Waals surface area contributed by atoms with Crippen LogP contribution in [0.25, 0.3) is 0 Å². The highest BCUT2D eigenvalue weighted by Gasteiger charge is 2.28. The zero-order valence-electron chi connectivity index (χ0n) is 11.5. The van der Waals surface area contributed by atoms with E-state index in [9.17, 15) is 4.79 Å². The van der Waals surface area contributed by atoms with Crippen LogP contribution in [-0.2, 0) is 6.54 Å². The summed E-state index contributed by atoms with van der Waals surface area (Å²) in [6.45, 7) is 3.15. The van der Waals surface area contributed by atoms with Crippen molar-refractivity contribution in [3.05, 3.63) is 35.4 Å². The highest BCUT2D eigenvalue weighted by Crippen LogP contribution is 2.21. The quantitative estimate of drug-likeness (QED) is 0.889. The Kier molecular flexibility index (Phi) is 5.02. The van der Waals surface area contributed by atoms with Gasteiger partial charge in [0.15, 0.2) is 0 Å². The summed E-state index contributed by atoms with van der Waals surface area (Å²) in [4.78, 5) is 13.7. The van der Waals surface area contributed by atoms with Crippen LogP contribution in [0.1, 0.15) is 35.2 Å². The van der Waals surface area contributed by atoms with E-state index in [0.717, 1.165) is 19.6 Å². The van der Waals surface area contributed by atoms with Crippen LogP contribution in [0.4, 0.5) is 0 Å². The lowest BCUT2D eigenvalue weighted by Gasteiger charge is -2.24. The first-order chi connectivity index (χ1) is 9.20. The molecule has 20 heavy (non-hydrogen) atoms. The molecule has 2 fully saturated rings. The van der Waals surface area contributed by atoms with Gasteiger partial charge in [0.1, 0.15) is 0 Å². The Morgan fingerprint density at radius 1 is 1.30 bits per heavy atom. The number of rotatable bonds is 3. The lowest BCUT2D eigenvalue weighted by atomic mass is 10.1. The number of likely N-dealkylation sites (tertiary alicyclic amines) is 1. The summed E-state index contributed by atoms with van der Waals surface area (Å²) in [6.07, 6.45) is 3.85. The molecule has 3 rings (SSSR count). The molecule has 2 bridgehead atoms. The maximum atomic E-state index is 11.2. The van der Waals surface area contributed by atoms with Crippen molar-refractivity contribution < 1.29 is 4.79 Å². The molecule has 0 radical (unpaired) electrons. The molecular weight excluding hydrogens is 274 g/mol. The van der Waals surface area contributed by atoms with Crippen molar-refractivity contribution in [3.63, 3.8) is 0 Å². The van der Waals surface area contributed by atoms with Crippen molar-refractivity contribution in [2.24, 2.45) is 5.73 Å². The van der Waals surface area contributed by atoms with E-state index in [-0.39, 0.29) is 18.3 Å². The molecule has 1 aromatic rings. The maximum Gasteiger partial charge on any atom is 0.248 e. The molecule has 2 unspecified atom stereocenters. The summed E-state index contributed by atoms with van der Waals surface area (Å²) < 4.78 is 0. The van der Waals surface area contributed by atoms with Crippen molar-refractivity contribution in [2.75, 3.05) is 13.1 Å². The second-order valence-electron chi connectivity index (χ2n) is 5.73. The van der Waals surface area contributed by atoms with Crippen LogP contribution >= 0.6 is 12.4 Å². The fourth-order valence-corrected chi connectivity index (χ4v) is 3.24. The number of nitrogens with zero attached hydrogens (tertiary/aromatic N) is 1. The minimum absolute atomic E-state index is 0. The first-order valence-electron chi connectivity index (χ1n) is 7.08. The predicted molar refractivity (Wildman–Crippen MR) is 82.0 cm³/mol. The maximum absolute atomic E-state index is 11.2. The minimum atomic E-state index is -0.349. The molecule has 0 aromatic heterocycles. The number of nitrogens with two attached hydrogens (primary N) is 1. The van der Waals surface area contributed by atoms with E-state index in [4.69, 9.17) is 5.73 Å². The van der Waals surface area contributed by atoms with Crippen LogP contribution in [0.5, 0.6) is 0 Å². The summed E-state index contributed by atoms with van der Waals surface area (Å²) in [5.41, 5.74) is 7.11. The molecule has 3 N–H and O–H groups in total. The standard InChI is InChI=1S/C15H21N3O.ClH/c16-15(19)12-3-1-2-11(8-12)9-18-7-6-13-4-5-14(10-18)17-13;/h1-3,8,13-14,17H,4-7,9-10H2,(H2,16,19);1H. The summed E-state index contributed by atoms with van der Waals surface area (Å²) in [7, 11) is 0. The first-order valence-corrected chi connectivity index (χ1v) is 7.08. The third-order valence-corrected chi connectivity index (χ3v) is 4.23. The fourth-order valence-electron chi connectivity index (χ4n) is 3.24. The summed E-state index contributed by atoms with van der Waals surface area (Å²) in [6, 6.07) is 9.04. The molecule has 0 spiro atoms. The number of carbonyl (C=O) groups is 1. The topological polar surface area (TPSA) is 58.4 Å². The molecule has 0 saturated carbocycles. The van der Waals surface area contributed by atoms with Crippen molar-refractivity contribution in [2.45, 2.75) is 37.9 Å². The Morgan fingerprint density at radius 3 is 2.90 bits per heavy atom. The summed E-state index contributed by atoms with van der Waals surface area (Å²) in [5, 5.41) is 3.68. The molecule has 2 atom stereocenters. The second kappa shape index (κ2) is 6.57. The van der Waals surface area contributed by atoms with Gasteiger partial charge in [-0.15, -0.1) is 12.4 Å². The largest absolute Gasteiger partial charge is 0.366 e. The fraction of sp³-hybridized carbons (Fsp3) is 0.533. The predicted octanol–water partition coefficient (Wildman–Crippen LogP) is 1.53. The van der Waals surface area contributed by atoms with Crippen LogP contribution in [-0.4, -0.2) is 36.0 Å². The molecule has 5 heteroatoms. The zero-order valence-corrected chi connectivity index (χ0v) is 12.4. The molecule has 2 aliphatic rings. The van der Waals surface area contributed by atoms with E-state index in [0.29, 0.717) is 17.6 Å². The van der Waals surface area contributed by atoms with E-state index < -0.39 is 0 Å². The number of nitrogens with one attached hydrogen (secondary N) is 1. The molecule has 1 amide bonds. The van der Waals surface area contributed by atoms with Gasteiger partial charge in [-0.2, -0.15) is 0 Å². The molecule has 0 aliphatic carbocycles. The smallest absolute Gasteiger partial charge is 0.248 e. The van der Waals surface area contributed by atoms with Crippen molar-refractivity contribution >= 4 is 18.3 Å². The van der Waals surface area contributed by atoms with Gasteiger partial charge in [-0.25, -0.2) is 0 Å². The molecule has 4 nitrogen and oxygen atoms in total. The highest BCUT2D eigenvalue weighted by atomic mass is 35.5. The van der Waals surface area contributed by atoms with E-state index in [2.05, 4.69) is 16.3 Å². The van der Waals surface area contributed by atoms with Gasteiger partial charge in [0.05, 0.1) is 0 Å². The Morgan fingerprint density at radius 2 is 2.10 bits per heavy atom. The Balaban J connectivity index is 0.00000147. The van der Waals surface area contributed by atoms with Crippen LogP contribution < -0.4 is 11.1 Å². The van der Waals surface area contributed by atoms with Gasteiger partial charge >= 0.3 is 0 Å². The number of hydrogen-bond donors (Lipinski definition) is 2. The van der Waals surface area contributed by atoms with Crippen molar-refractivity contribution in [3.8, 4) is 0 Å². The Hall–Kier alpha value is -1.10. The number of primary amides is 1. The van der Waals surface area contributed by atoms with Gasteiger partial charge < -0.3 is 11.1 Å². The monoisotopic (exact) mass is 295 g/mol. The first kappa shape index (κ1) is 15.3. The van der Waals surface area contributed by atoms with Crippen molar-refractivity contribution in [1.29, 1.82) is 0 Å². The molecule has 2 heterocycles. The zero-order chi connectivity index (χ0) is 13.2. The Labute approximate surface area is 126 Å². The lowest BCUT2D eigenvalue weighted by molar-refractivity contribution is 0.1000. The molecule has 2 aliphatic heterocycles. The van der Waals surface area contributed by atoms with Crippen LogP contribution in [0, 0.1) is 0 Å². The average Bonchev–Trinajstić information content (AvgIpc) is 2.73. The third kappa shape index (κ3) is 3.51. The average molecular weight is 296 g/mol. The van der Waals surface area contributed by atoms with Gasteiger partial charge in [-0.05, 0) is 37.0 Å². The van der Waals surface area contributed by atoms with Gasteiger partial charge in [-0.3, -0.25) is 9.69 Å². The SMILES string of the molecule is Cl.NC(=O)c1cccc(CN2CCC3CCC(C2)N3)c1. The van der Waals surface area contributed by atoms with Crippen LogP contribution in [0.15, 0.2) is 24.3 Å². The molecule has 2 saturated heterocycles. The summed E-state index contributed by atoms with van der Waals surface area (Å²) >= 11 is 0. The number of amides is 1. The molecular formula is C15H22ClN3O. The van der Waals surface area contributed by atoms with Gasteiger partial charge in [0.25, 0.3) is 0 Å².